The van der Waals surface area contributed by atoms with Gasteiger partial charge in [0, 0.05) is 0 Å². The van der Waals surface area contributed by atoms with Gasteiger partial charge >= 0.3 is 0 Å². The summed E-state index contributed by atoms with van der Waals surface area (Å²) in [6.45, 7) is 3.26. The normalized spacial score (nSPS) is 12.9. The number of aromatic amines is 1. The van der Waals surface area contributed by atoms with Crippen LogP contribution in [0.1, 0.15) is 25.6 Å². The van der Waals surface area contributed by atoms with E-state index in [9.17, 15) is 4.79 Å². The van der Waals surface area contributed by atoms with Crippen molar-refractivity contribution in [2.75, 3.05) is 5.73 Å². The van der Waals surface area contributed by atoms with Crippen LogP contribution in [0.5, 0.6) is 0 Å². The second-order valence-electron chi connectivity index (χ2n) is 2.41. The lowest BCUT2D eigenvalue weighted by Crippen LogP contribution is -2.06. The van der Waals surface area contributed by atoms with Gasteiger partial charge in [-0.25, -0.2) is 0 Å². The zero-order chi connectivity index (χ0) is 8.43. The number of H-pyrrole nitrogens is 1. The zero-order valence-corrected chi connectivity index (χ0v) is 6.46. The minimum Gasteiger partial charge on any atom is -0.367 e. The highest BCUT2D eigenvalue weighted by Gasteiger charge is 2.13. The fourth-order valence-corrected chi connectivity index (χ4v) is 0.674. The maximum atomic E-state index is 10.8. The predicted octanol–water partition coefficient (Wildman–Crippen LogP) is 0.0794. The quantitative estimate of drug-likeness (QED) is 0.631. The molecule has 1 atom stereocenters. The topological polar surface area (TPSA) is 84.7 Å². The SMILES string of the molecule is CC(=O)C(C)c1nc(N)n[nH]1. The lowest BCUT2D eigenvalue weighted by atomic mass is 10.1. The first kappa shape index (κ1) is 7.71. The minimum atomic E-state index is -0.250. The zero-order valence-electron chi connectivity index (χ0n) is 6.46. The number of nitrogens with zero attached hydrogens (tertiary/aromatic N) is 2. The van der Waals surface area contributed by atoms with Gasteiger partial charge in [0.15, 0.2) is 0 Å². The Morgan fingerprint density at radius 2 is 2.36 bits per heavy atom. The second-order valence-corrected chi connectivity index (χ2v) is 2.41. The first-order valence-electron chi connectivity index (χ1n) is 3.29. The summed E-state index contributed by atoms with van der Waals surface area (Å²) in [4.78, 5) is 14.6. The largest absolute Gasteiger partial charge is 0.367 e. The van der Waals surface area contributed by atoms with Crippen LogP contribution in [0.15, 0.2) is 0 Å². The van der Waals surface area contributed by atoms with Gasteiger partial charge in [0.1, 0.15) is 11.6 Å². The number of rotatable bonds is 2. The van der Waals surface area contributed by atoms with E-state index in [1.54, 1.807) is 6.92 Å². The number of nitrogens with two attached hydrogens (primary N) is 1. The number of hydrogen-bond donors (Lipinski definition) is 2. The van der Waals surface area contributed by atoms with Crippen LogP contribution in [0.3, 0.4) is 0 Å². The summed E-state index contributed by atoms with van der Waals surface area (Å²) < 4.78 is 0. The van der Waals surface area contributed by atoms with Gasteiger partial charge in [-0.15, -0.1) is 5.10 Å². The second kappa shape index (κ2) is 2.69. The Labute approximate surface area is 64.0 Å². The highest BCUT2D eigenvalue weighted by Crippen LogP contribution is 2.10. The first-order valence-corrected chi connectivity index (χ1v) is 3.29. The van der Waals surface area contributed by atoms with Crippen molar-refractivity contribution >= 4 is 11.7 Å². The monoisotopic (exact) mass is 154 g/mol. The van der Waals surface area contributed by atoms with Crippen molar-refractivity contribution in [3.8, 4) is 0 Å². The van der Waals surface area contributed by atoms with Crippen molar-refractivity contribution in [3.05, 3.63) is 5.82 Å². The Hall–Kier alpha value is -1.39. The van der Waals surface area contributed by atoms with Crippen LogP contribution >= 0.6 is 0 Å². The van der Waals surface area contributed by atoms with Crippen LogP contribution in [-0.4, -0.2) is 21.0 Å². The molecule has 1 heterocycles. The molecule has 5 nitrogen and oxygen atoms in total. The van der Waals surface area contributed by atoms with Gasteiger partial charge in [-0.2, -0.15) is 4.98 Å². The Morgan fingerprint density at radius 3 is 2.73 bits per heavy atom. The van der Waals surface area contributed by atoms with Crippen molar-refractivity contribution in [2.24, 2.45) is 0 Å². The highest BCUT2D eigenvalue weighted by molar-refractivity contribution is 5.81. The summed E-state index contributed by atoms with van der Waals surface area (Å²) in [5, 5.41) is 6.19. The Kier molecular flexibility index (Phi) is 1.89. The van der Waals surface area contributed by atoms with Crippen molar-refractivity contribution < 1.29 is 4.79 Å². The van der Waals surface area contributed by atoms with Crippen LogP contribution in [-0.2, 0) is 4.79 Å². The third kappa shape index (κ3) is 1.54. The Morgan fingerprint density at radius 1 is 1.73 bits per heavy atom. The van der Waals surface area contributed by atoms with E-state index in [1.165, 1.54) is 6.92 Å². The van der Waals surface area contributed by atoms with E-state index >= 15 is 0 Å². The molecule has 0 spiro atoms. The molecule has 5 heteroatoms. The molecular weight excluding hydrogens is 144 g/mol. The summed E-state index contributed by atoms with van der Waals surface area (Å²) in [6.07, 6.45) is 0. The van der Waals surface area contributed by atoms with E-state index in [4.69, 9.17) is 5.73 Å². The van der Waals surface area contributed by atoms with Crippen molar-refractivity contribution in [3.63, 3.8) is 0 Å². The summed E-state index contributed by atoms with van der Waals surface area (Å²) in [5.74, 6) is 0.490. The fraction of sp³-hybridized carbons (Fsp3) is 0.500. The molecule has 0 aromatic carbocycles. The molecule has 0 aliphatic carbocycles. The number of nitrogens with one attached hydrogen (secondary N) is 1. The van der Waals surface area contributed by atoms with Gasteiger partial charge in [-0.05, 0) is 13.8 Å². The molecule has 1 aromatic rings. The number of hydrogen-bond acceptors (Lipinski definition) is 4. The van der Waals surface area contributed by atoms with Gasteiger partial charge in [-0.1, -0.05) is 0 Å². The van der Waals surface area contributed by atoms with E-state index in [0.29, 0.717) is 5.82 Å². The molecule has 0 aliphatic rings. The van der Waals surface area contributed by atoms with E-state index < -0.39 is 0 Å². The molecule has 1 unspecified atom stereocenters. The number of aromatic nitrogens is 3. The van der Waals surface area contributed by atoms with Crippen molar-refractivity contribution in [1.82, 2.24) is 15.2 Å². The molecule has 0 amide bonds. The van der Waals surface area contributed by atoms with Crippen LogP contribution < -0.4 is 5.73 Å². The fourth-order valence-electron chi connectivity index (χ4n) is 0.674. The number of carbonyl (C=O) groups excluding carboxylic acids is 1. The molecule has 0 fully saturated rings. The average molecular weight is 154 g/mol. The molecular formula is C6H10N4O. The average Bonchev–Trinajstić information content (AvgIpc) is 2.34. The first-order chi connectivity index (χ1) is 5.11. The molecule has 1 rings (SSSR count). The number of anilines is 1. The van der Waals surface area contributed by atoms with Crippen molar-refractivity contribution in [1.29, 1.82) is 0 Å². The van der Waals surface area contributed by atoms with Gasteiger partial charge in [-0.3, -0.25) is 9.89 Å². The van der Waals surface area contributed by atoms with E-state index in [0.717, 1.165) is 0 Å². The molecule has 60 valence electrons. The number of ketones is 1. The number of nitrogen functional groups attached to an aromatic ring is 1. The number of carbonyl (C=O) groups is 1. The molecule has 11 heavy (non-hydrogen) atoms. The van der Waals surface area contributed by atoms with Crippen molar-refractivity contribution in [2.45, 2.75) is 19.8 Å². The van der Waals surface area contributed by atoms with Gasteiger partial charge in [0.05, 0.1) is 5.92 Å². The van der Waals surface area contributed by atoms with Crippen LogP contribution in [0.2, 0.25) is 0 Å². The van der Waals surface area contributed by atoms with E-state index in [-0.39, 0.29) is 17.6 Å². The van der Waals surface area contributed by atoms with Gasteiger partial charge in [0.25, 0.3) is 0 Å². The molecule has 0 bridgehead atoms. The molecule has 0 radical (unpaired) electrons. The number of Topliss-reactive ketones (excluding diaryl/α,β-unsaturated/α-hetero) is 1. The molecule has 0 saturated heterocycles. The minimum absolute atomic E-state index is 0.0427. The molecule has 1 aromatic heterocycles. The third-order valence-electron chi connectivity index (χ3n) is 1.54. The van der Waals surface area contributed by atoms with Crippen LogP contribution in [0, 0.1) is 0 Å². The lowest BCUT2D eigenvalue weighted by Gasteiger charge is -1.99. The van der Waals surface area contributed by atoms with E-state index in [2.05, 4.69) is 15.2 Å². The molecule has 3 N–H and O–H groups in total. The predicted molar refractivity (Wildman–Crippen MR) is 39.9 cm³/mol. The summed E-state index contributed by atoms with van der Waals surface area (Å²) >= 11 is 0. The maximum absolute atomic E-state index is 10.8. The summed E-state index contributed by atoms with van der Waals surface area (Å²) in [5.41, 5.74) is 5.25. The standard InChI is InChI=1S/C6H10N4O/c1-3(4(2)11)5-8-6(7)10-9-5/h3H,1-2H3,(H3,7,8,9,10). The van der Waals surface area contributed by atoms with Crippen LogP contribution in [0.25, 0.3) is 0 Å². The Balaban J connectivity index is 2.84. The third-order valence-corrected chi connectivity index (χ3v) is 1.54. The Bertz CT molecular complexity index is 267. The summed E-state index contributed by atoms with van der Waals surface area (Å²) in [7, 11) is 0. The van der Waals surface area contributed by atoms with Gasteiger partial charge in [0.2, 0.25) is 5.95 Å². The van der Waals surface area contributed by atoms with Crippen LogP contribution in [0.4, 0.5) is 5.95 Å². The molecule has 0 aliphatic heterocycles. The smallest absolute Gasteiger partial charge is 0.239 e. The molecule has 0 saturated carbocycles. The maximum Gasteiger partial charge on any atom is 0.239 e. The lowest BCUT2D eigenvalue weighted by molar-refractivity contribution is -0.118. The van der Waals surface area contributed by atoms with Gasteiger partial charge < -0.3 is 5.73 Å². The van der Waals surface area contributed by atoms with E-state index in [1.807, 2.05) is 0 Å². The highest BCUT2D eigenvalue weighted by atomic mass is 16.1. The summed E-state index contributed by atoms with van der Waals surface area (Å²) in [6, 6.07) is 0.